The average Bonchev–Trinajstić information content (AvgIpc) is 2.87. The fourth-order valence-corrected chi connectivity index (χ4v) is 3.63. The van der Waals surface area contributed by atoms with E-state index >= 15 is 0 Å². The van der Waals surface area contributed by atoms with Crippen LogP contribution in [0.2, 0.25) is 4.34 Å². The van der Waals surface area contributed by atoms with E-state index in [0.717, 1.165) is 18.5 Å². The zero-order valence-electron chi connectivity index (χ0n) is 11.9. The van der Waals surface area contributed by atoms with Gasteiger partial charge < -0.3 is 5.32 Å². The minimum atomic E-state index is -0.0337. The fraction of sp³-hybridized carbons (Fsp3) is 0.188. The first-order valence-electron chi connectivity index (χ1n) is 6.70. The Morgan fingerprint density at radius 3 is 2.77 bits per heavy atom. The van der Waals surface area contributed by atoms with E-state index in [9.17, 15) is 4.79 Å². The molecule has 2 aromatic rings. The van der Waals surface area contributed by atoms with Crippen molar-refractivity contribution in [2.24, 2.45) is 0 Å². The van der Waals surface area contributed by atoms with E-state index in [1.807, 2.05) is 41.3 Å². The predicted molar refractivity (Wildman–Crippen MR) is 103 cm³/mol. The SMILES string of the molecule is C=CCN(CC(=O)Nc1ccccc1I)Cc1ccc(Cl)s1. The van der Waals surface area contributed by atoms with Crippen molar-refractivity contribution in [1.82, 2.24) is 4.90 Å². The van der Waals surface area contributed by atoms with Crippen LogP contribution in [0.3, 0.4) is 0 Å². The lowest BCUT2D eigenvalue weighted by Gasteiger charge is -2.19. The average molecular weight is 447 g/mol. The first-order chi connectivity index (χ1) is 10.6. The summed E-state index contributed by atoms with van der Waals surface area (Å²) in [6.07, 6.45) is 1.80. The largest absolute Gasteiger partial charge is 0.324 e. The molecule has 0 saturated carbocycles. The third-order valence-electron chi connectivity index (χ3n) is 2.91. The molecule has 6 heteroatoms. The minimum absolute atomic E-state index is 0.0337. The lowest BCUT2D eigenvalue weighted by molar-refractivity contribution is -0.117. The highest BCUT2D eigenvalue weighted by Gasteiger charge is 2.12. The van der Waals surface area contributed by atoms with Gasteiger partial charge in [-0.1, -0.05) is 29.8 Å². The zero-order chi connectivity index (χ0) is 15.9. The van der Waals surface area contributed by atoms with Crippen molar-refractivity contribution in [2.45, 2.75) is 6.54 Å². The van der Waals surface area contributed by atoms with Gasteiger partial charge in [0, 0.05) is 21.5 Å². The van der Waals surface area contributed by atoms with Crippen molar-refractivity contribution >= 4 is 57.1 Å². The molecule has 0 aliphatic heterocycles. The molecule has 116 valence electrons. The van der Waals surface area contributed by atoms with Crippen molar-refractivity contribution in [3.63, 3.8) is 0 Å². The summed E-state index contributed by atoms with van der Waals surface area (Å²) in [7, 11) is 0. The molecule has 3 nitrogen and oxygen atoms in total. The van der Waals surface area contributed by atoms with Crippen LogP contribution in [0.15, 0.2) is 49.1 Å². The van der Waals surface area contributed by atoms with Crippen LogP contribution in [-0.2, 0) is 11.3 Å². The van der Waals surface area contributed by atoms with E-state index in [1.54, 1.807) is 6.08 Å². The summed E-state index contributed by atoms with van der Waals surface area (Å²) in [4.78, 5) is 15.4. The number of nitrogens with zero attached hydrogens (tertiary/aromatic N) is 1. The van der Waals surface area contributed by atoms with Gasteiger partial charge in [-0.2, -0.15) is 0 Å². The Kier molecular flexibility index (Phi) is 6.88. The van der Waals surface area contributed by atoms with Crippen molar-refractivity contribution in [1.29, 1.82) is 0 Å². The topological polar surface area (TPSA) is 32.3 Å². The van der Waals surface area contributed by atoms with Gasteiger partial charge in [-0.25, -0.2) is 0 Å². The highest BCUT2D eigenvalue weighted by molar-refractivity contribution is 14.1. The molecule has 1 aromatic carbocycles. The molecular formula is C16H16ClIN2OS. The molecule has 0 fully saturated rings. The summed E-state index contributed by atoms with van der Waals surface area (Å²) in [5.74, 6) is -0.0337. The Morgan fingerprint density at radius 2 is 2.14 bits per heavy atom. The van der Waals surface area contributed by atoms with Gasteiger partial charge in [0.25, 0.3) is 0 Å². The lowest BCUT2D eigenvalue weighted by atomic mass is 10.3. The molecule has 1 heterocycles. The molecule has 2 rings (SSSR count). The number of thiophene rings is 1. The van der Waals surface area contributed by atoms with Crippen molar-refractivity contribution in [3.05, 3.63) is 61.8 Å². The van der Waals surface area contributed by atoms with E-state index in [0.29, 0.717) is 19.6 Å². The predicted octanol–water partition coefficient (Wildman–Crippen LogP) is 4.63. The number of rotatable bonds is 7. The molecule has 0 bridgehead atoms. The molecule has 22 heavy (non-hydrogen) atoms. The van der Waals surface area contributed by atoms with Crippen LogP contribution in [0, 0.1) is 3.57 Å². The zero-order valence-corrected chi connectivity index (χ0v) is 15.6. The monoisotopic (exact) mass is 446 g/mol. The lowest BCUT2D eigenvalue weighted by Crippen LogP contribution is -2.33. The fourth-order valence-electron chi connectivity index (χ4n) is 1.98. The van der Waals surface area contributed by atoms with Crippen molar-refractivity contribution in [3.8, 4) is 0 Å². The number of hydrogen-bond donors (Lipinski definition) is 1. The summed E-state index contributed by atoms with van der Waals surface area (Å²) in [6.45, 7) is 5.40. The molecule has 0 spiro atoms. The number of nitrogens with one attached hydrogen (secondary N) is 1. The highest BCUT2D eigenvalue weighted by atomic mass is 127. The molecule has 0 atom stereocenters. The molecule has 1 aromatic heterocycles. The van der Waals surface area contributed by atoms with Crippen LogP contribution >= 0.6 is 45.5 Å². The third kappa shape index (κ3) is 5.39. The summed E-state index contributed by atoms with van der Waals surface area (Å²) in [5.41, 5.74) is 0.839. The summed E-state index contributed by atoms with van der Waals surface area (Å²) in [5, 5.41) is 2.95. The molecule has 0 aliphatic rings. The van der Waals surface area contributed by atoms with Gasteiger partial charge in [-0.15, -0.1) is 17.9 Å². The minimum Gasteiger partial charge on any atom is -0.324 e. The maximum absolute atomic E-state index is 12.2. The number of carbonyl (C=O) groups is 1. The molecule has 0 aliphatic carbocycles. The summed E-state index contributed by atoms with van der Waals surface area (Å²) < 4.78 is 1.78. The van der Waals surface area contributed by atoms with Crippen molar-refractivity contribution in [2.75, 3.05) is 18.4 Å². The second kappa shape index (κ2) is 8.67. The maximum atomic E-state index is 12.2. The van der Waals surface area contributed by atoms with Gasteiger partial charge >= 0.3 is 0 Å². The van der Waals surface area contributed by atoms with Crippen LogP contribution in [0.4, 0.5) is 5.69 Å². The van der Waals surface area contributed by atoms with Gasteiger partial charge in [0.1, 0.15) is 0 Å². The molecule has 0 unspecified atom stereocenters. The number of anilines is 1. The summed E-state index contributed by atoms with van der Waals surface area (Å²) >= 11 is 9.69. The molecular weight excluding hydrogens is 431 g/mol. The van der Waals surface area contributed by atoms with E-state index < -0.39 is 0 Å². The number of carbonyl (C=O) groups excluding carboxylic acids is 1. The van der Waals surface area contributed by atoms with Gasteiger partial charge in [0.2, 0.25) is 5.91 Å². The Morgan fingerprint density at radius 1 is 1.36 bits per heavy atom. The maximum Gasteiger partial charge on any atom is 0.238 e. The number of hydrogen-bond acceptors (Lipinski definition) is 3. The summed E-state index contributed by atoms with van der Waals surface area (Å²) in [6, 6.07) is 11.6. The van der Waals surface area contributed by atoms with Gasteiger partial charge in [-0.05, 0) is 46.9 Å². The van der Waals surface area contributed by atoms with Crippen LogP contribution in [0.1, 0.15) is 4.88 Å². The van der Waals surface area contributed by atoms with Crippen LogP contribution in [0.5, 0.6) is 0 Å². The number of benzene rings is 1. The van der Waals surface area contributed by atoms with Gasteiger partial charge in [0.15, 0.2) is 0 Å². The van der Waals surface area contributed by atoms with Gasteiger partial charge in [0.05, 0.1) is 16.6 Å². The quantitative estimate of drug-likeness (QED) is 0.497. The first-order valence-corrected chi connectivity index (χ1v) is 8.97. The van der Waals surface area contributed by atoms with Gasteiger partial charge in [-0.3, -0.25) is 9.69 Å². The normalized spacial score (nSPS) is 10.7. The third-order valence-corrected chi connectivity index (χ3v) is 5.07. The van der Waals surface area contributed by atoms with Crippen LogP contribution in [-0.4, -0.2) is 23.9 Å². The van der Waals surface area contributed by atoms with E-state index in [1.165, 1.54) is 11.3 Å². The standard InChI is InChI=1S/C16H16ClIN2OS/c1-2-9-20(10-12-7-8-15(17)22-12)11-16(21)19-14-6-4-3-5-13(14)18/h2-8H,1,9-11H2,(H,19,21). The Balaban J connectivity index is 1.96. The smallest absolute Gasteiger partial charge is 0.238 e. The second-order valence-corrected chi connectivity index (χ2v) is 7.65. The van der Waals surface area contributed by atoms with Crippen LogP contribution < -0.4 is 5.32 Å². The second-order valence-electron chi connectivity index (χ2n) is 4.69. The number of amides is 1. The highest BCUT2D eigenvalue weighted by Crippen LogP contribution is 2.23. The van der Waals surface area contributed by atoms with Crippen LogP contribution in [0.25, 0.3) is 0 Å². The first kappa shape index (κ1) is 17.5. The molecule has 1 N–H and O–H groups in total. The van der Waals surface area contributed by atoms with E-state index in [-0.39, 0.29) is 5.91 Å². The molecule has 0 radical (unpaired) electrons. The molecule has 0 saturated heterocycles. The Labute approximate surface area is 153 Å². The van der Waals surface area contributed by atoms with E-state index in [2.05, 4.69) is 34.5 Å². The Hall–Kier alpha value is -0.890. The number of halogens is 2. The molecule has 1 amide bonds. The number of para-hydroxylation sites is 1. The Bertz CT molecular complexity index is 659. The van der Waals surface area contributed by atoms with E-state index in [4.69, 9.17) is 11.6 Å². The van der Waals surface area contributed by atoms with Crippen molar-refractivity contribution < 1.29 is 4.79 Å².